The Kier molecular flexibility index (Phi) is 6.08. The summed E-state index contributed by atoms with van der Waals surface area (Å²) in [4.78, 5) is 4.38. The van der Waals surface area contributed by atoms with Crippen LogP contribution in [0.5, 0.6) is 0 Å². The zero-order chi connectivity index (χ0) is 17.1. The summed E-state index contributed by atoms with van der Waals surface area (Å²) in [5, 5.41) is 0. The van der Waals surface area contributed by atoms with E-state index in [1.165, 1.54) is 0 Å². The Morgan fingerprint density at radius 1 is 1.43 bits per heavy atom. The van der Waals surface area contributed by atoms with Crippen LogP contribution in [0.3, 0.4) is 0 Å². The van der Waals surface area contributed by atoms with Crippen molar-refractivity contribution in [3.05, 3.63) is 30.1 Å². The average Bonchev–Trinajstić information content (AvgIpc) is 2.78. The van der Waals surface area contributed by atoms with Gasteiger partial charge in [-0.15, -0.1) is 4.72 Å². The summed E-state index contributed by atoms with van der Waals surface area (Å²) in [6, 6.07) is 5.88. The van der Waals surface area contributed by atoms with Crippen molar-refractivity contribution in [3.8, 4) is 0 Å². The second kappa shape index (κ2) is 7.49. The Bertz CT molecular complexity index is 490. The molecular weight excluding hydrogens is 312 g/mol. The minimum Gasteiger partial charge on any atom is -0.598 e. The highest BCUT2D eigenvalue weighted by atomic mass is 32.2. The van der Waals surface area contributed by atoms with Gasteiger partial charge in [0.2, 0.25) is 0 Å². The van der Waals surface area contributed by atoms with E-state index in [4.69, 9.17) is 9.47 Å². The van der Waals surface area contributed by atoms with Gasteiger partial charge in [0.25, 0.3) is 0 Å². The normalized spacial score (nSPS) is 23.7. The van der Waals surface area contributed by atoms with E-state index in [0.29, 0.717) is 13.0 Å². The molecule has 23 heavy (non-hydrogen) atoms. The van der Waals surface area contributed by atoms with E-state index in [1.807, 2.05) is 52.8 Å². The average molecular weight is 340 g/mol. The lowest BCUT2D eigenvalue weighted by Gasteiger charge is -2.29. The maximum atomic E-state index is 12.5. The quantitative estimate of drug-likeness (QED) is 0.806. The summed E-state index contributed by atoms with van der Waals surface area (Å²) in [6.07, 6.45) is 3.24. The molecule has 3 atom stereocenters. The number of hydrogen-bond donors (Lipinski definition) is 1. The molecule has 5 nitrogen and oxygen atoms in total. The zero-order valence-electron chi connectivity index (χ0n) is 14.7. The predicted octanol–water partition coefficient (Wildman–Crippen LogP) is 2.59. The Morgan fingerprint density at radius 3 is 2.70 bits per heavy atom. The standard InChI is InChI=1S/C17H28N2O3S/c1-16(2,3)23(20)19-14(10-13-8-6-7-9-18-13)11-15-12-21-17(4,5)22-15/h6-9,14-15,19H,10-12H2,1-5H3/t14-,15-,23-/m0/s1. The third-order valence-electron chi connectivity index (χ3n) is 3.63. The largest absolute Gasteiger partial charge is 0.598 e. The Labute approximate surface area is 142 Å². The molecule has 2 heterocycles. The molecule has 130 valence electrons. The van der Waals surface area contributed by atoms with Gasteiger partial charge in [-0.05, 0) is 53.2 Å². The van der Waals surface area contributed by atoms with Crippen LogP contribution >= 0.6 is 0 Å². The number of nitrogens with one attached hydrogen (secondary N) is 1. The van der Waals surface area contributed by atoms with Crippen molar-refractivity contribution in [2.45, 2.75) is 70.1 Å². The van der Waals surface area contributed by atoms with E-state index in [-0.39, 0.29) is 16.9 Å². The van der Waals surface area contributed by atoms with Crippen LogP contribution < -0.4 is 4.72 Å². The molecule has 1 aromatic heterocycles. The third-order valence-corrected chi connectivity index (χ3v) is 5.29. The summed E-state index contributed by atoms with van der Waals surface area (Å²) in [5.74, 6) is -0.538. The summed E-state index contributed by atoms with van der Waals surface area (Å²) in [7, 11) is 0. The summed E-state index contributed by atoms with van der Waals surface area (Å²) < 4.78 is 27.0. The van der Waals surface area contributed by atoms with Crippen molar-refractivity contribution >= 4 is 11.4 Å². The number of nitrogens with zero attached hydrogens (tertiary/aromatic N) is 1. The van der Waals surface area contributed by atoms with Gasteiger partial charge < -0.3 is 14.0 Å². The van der Waals surface area contributed by atoms with Gasteiger partial charge in [0.15, 0.2) is 5.79 Å². The van der Waals surface area contributed by atoms with E-state index in [0.717, 1.165) is 12.1 Å². The molecule has 0 aromatic carbocycles. The molecule has 0 spiro atoms. The van der Waals surface area contributed by atoms with E-state index < -0.39 is 17.1 Å². The van der Waals surface area contributed by atoms with Gasteiger partial charge in [0.05, 0.1) is 18.8 Å². The zero-order valence-corrected chi connectivity index (χ0v) is 15.5. The van der Waals surface area contributed by atoms with Crippen molar-refractivity contribution < 1.29 is 14.0 Å². The van der Waals surface area contributed by atoms with Gasteiger partial charge >= 0.3 is 0 Å². The van der Waals surface area contributed by atoms with Gasteiger partial charge in [-0.25, -0.2) is 0 Å². The molecule has 1 aliphatic heterocycles. The van der Waals surface area contributed by atoms with E-state index in [2.05, 4.69) is 9.71 Å². The third kappa shape index (κ3) is 6.04. The van der Waals surface area contributed by atoms with Crippen LogP contribution in [0.25, 0.3) is 0 Å². The topological polar surface area (TPSA) is 66.4 Å². The van der Waals surface area contributed by atoms with Crippen molar-refractivity contribution in [2.75, 3.05) is 6.61 Å². The van der Waals surface area contributed by atoms with Gasteiger partial charge in [0, 0.05) is 29.7 Å². The highest BCUT2D eigenvalue weighted by molar-refractivity contribution is 7.90. The van der Waals surface area contributed by atoms with Crippen molar-refractivity contribution in [1.82, 2.24) is 9.71 Å². The van der Waals surface area contributed by atoms with Crippen LogP contribution in [0.15, 0.2) is 24.4 Å². The molecule has 0 bridgehead atoms. The van der Waals surface area contributed by atoms with Crippen LogP contribution in [0.1, 0.15) is 46.7 Å². The molecule has 0 radical (unpaired) electrons. The highest BCUT2D eigenvalue weighted by Gasteiger charge is 2.36. The van der Waals surface area contributed by atoms with Crippen LogP contribution in [0, 0.1) is 0 Å². The maximum Gasteiger partial charge on any atom is 0.163 e. The van der Waals surface area contributed by atoms with E-state index in [9.17, 15) is 4.55 Å². The lowest BCUT2D eigenvalue weighted by molar-refractivity contribution is -0.139. The van der Waals surface area contributed by atoms with Crippen LogP contribution in [0.4, 0.5) is 0 Å². The van der Waals surface area contributed by atoms with Crippen LogP contribution in [-0.2, 0) is 27.3 Å². The van der Waals surface area contributed by atoms with Gasteiger partial charge in [-0.1, -0.05) is 6.07 Å². The van der Waals surface area contributed by atoms with E-state index >= 15 is 0 Å². The van der Waals surface area contributed by atoms with Gasteiger partial charge in [-0.3, -0.25) is 4.98 Å². The molecule has 6 heteroatoms. The fourth-order valence-electron chi connectivity index (χ4n) is 2.47. The maximum absolute atomic E-state index is 12.5. The van der Waals surface area contributed by atoms with Crippen molar-refractivity contribution in [3.63, 3.8) is 0 Å². The molecule has 0 saturated carbocycles. The smallest absolute Gasteiger partial charge is 0.163 e. The number of ether oxygens (including phenoxy) is 2. The second-order valence-electron chi connectivity index (χ2n) is 7.41. The van der Waals surface area contributed by atoms with Crippen molar-refractivity contribution in [1.29, 1.82) is 0 Å². The highest BCUT2D eigenvalue weighted by Crippen LogP contribution is 2.26. The van der Waals surface area contributed by atoms with Gasteiger partial charge in [-0.2, -0.15) is 0 Å². The Morgan fingerprint density at radius 2 is 2.17 bits per heavy atom. The Balaban J connectivity index is 2.02. The molecule has 1 N–H and O–H groups in total. The Hall–Kier alpha value is -0.660. The molecule has 1 aliphatic rings. The first-order chi connectivity index (χ1) is 10.7. The molecule has 0 amide bonds. The summed E-state index contributed by atoms with van der Waals surface area (Å²) in [5.41, 5.74) is 0.981. The molecule has 1 saturated heterocycles. The van der Waals surface area contributed by atoms with Crippen molar-refractivity contribution in [2.24, 2.45) is 0 Å². The first-order valence-corrected chi connectivity index (χ1v) is 9.20. The predicted molar refractivity (Wildman–Crippen MR) is 92.3 cm³/mol. The fourth-order valence-corrected chi connectivity index (χ4v) is 3.30. The molecular formula is C17H28N2O3S. The minimum absolute atomic E-state index is 0.00295. The summed E-state index contributed by atoms with van der Waals surface area (Å²) in [6.45, 7) is 10.3. The van der Waals surface area contributed by atoms with Gasteiger partial charge in [0.1, 0.15) is 4.75 Å². The number of aromatic nitrogens is 1. The summed E-state index contributed by atoms with van der Waals surface area (Å²) >= 11 is -1.13. The number of rotatable bonds is 6. The second-order valence-corrected chi connectivity index (χ2v) is 9.41. The van der Waals surface area contributed by atoms with Crippen LogP contribution in [0.2, 0.25) is 0 Å². The first-order valence-electron chi connectivity index (χ1n) is 8.05. The van der Waals surface area contributed by atoms with E-state index in [1.54, 1.807) is 6.20 Å². The lowest BCUT2D eigenvalue weighted by atomic mass is 10.1. The molecule has 1 fully saturated rings. The number of pyridine rings is 1. The molecule has 2 rings (SSSR count). The van der Waals surface area contributed by atoms with Crippen LogP contribution in [-0.4, -0.2) is 38.8 Å². The monoisotopic (exact) mass is 340 g/mol. The lowest BCUT2D eigenvalue weighted by Crippen LogP contribution is -2.47. The first kappa shape index (κ1) is 18.7. The SMILES string of the molecule is CC1(C)OC[C@H](C[C@H](Cc2ccccn2)N[S@@+]([O-])C(C)(C)C)O1. The number of hydrogen-bond acceptors (Lipinski definition) is 5. The molecule has 0 aliphatic carbocycles. The minimum atomic E-state index is -1.13. The fraction of sp³-hybridized carbons (Fsp3) is 0.706. The molecule has 1 aromatic rings. The molecule has 0 unspecified atom stereocenters.